The number of nitrogens with zero attached hydrogens (tertiary/aromatic N) is 3. The zero-order valence-corrected chi connectivity index (χ0v) is 52.9. The summed E-state index contributed by atoms with van der Waals surface area (Å²) in [6, 6.07) is 7.70. The largest absolute Gasteiger partial charge is 0.508 e. The second-order valence-electron chi connectivity index (χ2n) is 21.9. The van der Waals surface area contributed by atoms with E-state index in [9.17, 15) is 63.0 Å². The smallest absolute Gasteiger partial charge is 0.303 e. The fourth-order valence-corrected chi connectivity index (χ4v) is 12.1. The van der Waals surface area contributed by atoms with Gasteiger partial charge in [0.25, 0.3) is 0 Å². The van der Waals surface area contributed by atoms with Gasteiger partial charge in [0.15, 0.2) is 11.9 Å². The van der Waals surface area contributed by atoms with Crippen molar-refractivity contribution in [1.82, 2.24) is 62.8 Å². The van der Waals surface area contributed by atoms with Crippen molar-refractivity contribution < 1.29 is 63.0 Å². The van der Waals surface area contributed by atoms with Crippen LogP contribution in [0.15, 0.2) is 108 Å². The second-order valence-corrected chi connectivity index (χ2v) is 24.5. The van der Waals surface area contributed by atoms with E-state index in [4.69, 9.17) is 28.7 Å². The number of aliphatic carboxylic acids is 1. The number of hydrogen-bond acceptors (Lipinski definition) is 17. The molecule has 1 aliphatic rings. The van der Waals surface area contributed by atoms with E-state index in [1.54, 1.807) is 60.8 Å². The molecule has 1 aliphatic heterocycles. The average Bonchev–Trinajstić information content (AvgIpc) is 1.65. The first-order chi connectivity index (χ1) is 44.9. The van der Waals surface area contributed by atoms with Gasteiger partial charge < -0.3 is 96.7 Å². The molecule has 10 amide bonds. The predicted octanol–water partition coefficient (Wildman–Crippen LogP) is -2.90. The molecular formula is C60H79N19O13S2. The van der Waals surface area contributed by atoms with Crippen molar-refractivity contribution in [1.29, 1.82) is 0 Å². The van der Waals surface area contributed by atoms with Crippen LogP contribution in [0.25, 0.3) is 10.9 Å². The van der Waals surface area contributed by atoms with E-state index in [2.05, 4.69) is 72.8 Å². The highest BCUT2D eigenvalue weighted by atomic mass is 33.1. The van der Waals surface area contributed by atoms with E-state index in [0.29, 0.717) is 33.3 Å². The van der Waals surface area contributed by atoms with Crippen molar-refractivity contribution in [3.8, 4) is 5.75 Å². The molecule has 504 valence electrons. The Morgan fingerprint density at radius 3 is 1.82 bits per heavy atom. The molecule has 0 bridgehead atoms. The number of benzene rings is 3. The first kappa shape index (κ1) is 72.7. The van der Waals surface area contributed by atoms with Crippen LogP contribution in [0.1, 0.15) is 67.8 Å². The minimum atomic E-state index is -1.76. The minimum absolute atomic E-state index is 0.00324. The van der Waals surface area contributed by atoms with Gasteiger partial charge in [0.2, 0.25) is 59.1 Å². The number of aromatic amines is 2. The van der Waals surface area contributed by atoms with Crippen LogP contribution in [0, 0.1) is 0 Å². The summed E-state index contributed by atoms with van der Waals surface area (Å²) in [5.41, 5.74) is 30.9. The third-order valence-corrected chi connectivity index (χ3v) is 17.0. The number of phenolic OH excluding ortho intramolecular Hbond substituents is 1. The standard InChI is InChI=1S/C60H79N19O13S2/c1-32(80)71-43(24-34-15-17-37(81)18-16-34)54(88)72-41(14-8-22-68-60(64)65)52(86)79-48-30-94-93-29-47(50(61)84)78-56(90)45(25-35-27-69-39-12-6-5-11-38(35)39)76-51(85)40(13-7-21-67-59(62)63)73-55(89)44(23-33-9-3-2-4-10-33)75-57(91)46(26-36-28-66-31-70-36)77-53(87)42(74-58(48)92)19-20-49(82)83/h2-6,9-12,15-18,27-28,31,40-48,69,81H,7-8,13-14,19-26,29-30H2,1H3,(H2,61,84)(H,66,70)(H,71,80)(H,72,88)(H,73,89)(H,74,92)(H,75,91)(H,76,85)(H,77,87)(H,78,90)(H,79,86)(H,82,83)(H4,62,63,67)(H4,64,65,68)/t40-,41-,42-,43-,44-,45-,46-,47-,48-/m0/s1. The van der Waals surface area contributed by atoms with Crippen LogP contribution in [0.4, 0.5) is 0 Å². The first-order valence-corrected chi connectivity index (χ1v) is 32.3. The Kier molecular flexibility index (Phi) is 28.3. The summed E-state index contributed by atoms with van der Waals surface area (Å²) in [4.78, 5) is 174. The molecular weight excluding hydrogens is 1260 g/mol. The number of guanidine groups is 2. The number of aromatic hydroxyl groups is 1. The Morgan fingerprint density at radius 2 is 1.19 bits per heavy atom. The number of carboxylic acid groups (broad SMARTS) is 1. The summed E-state index contributed by atoms with van der Waals surface area (Å²) in [5.74, 6) is -11.9. The zero-order valence-electron chi connectivity index (χ0n) is 51.3. The lowest BCUT2D eigenvalue weighted by Gasteiger charge is -2.28. The van der Waals surface area contributed by atoms with Crippen LogP contribution in [0.2, 0.25) is 0 Å². The first-order valence-electron chi connectivity index (χ1n) is 29.8. The molecule has 9 atom stereocenters. The van der Waals surface area contributed by atoms with Crippen molar-refractivity contribution in [3.05, 3.63) is 120 Å². The molecule has 0 saturated carbocycles. The summed E-state index contributed by atoms with van der Waals surface area (Å²) in [6.45, 7) is 1.15. The molecule has 3 aromatic carbocycles. The molecule has 0 spiro atoms. The maximum atomic E-state index is 14.9. The van der Waals surface area contributed by atoms with E-state index in [1.807, 2.05) is 0 Å². The lowest BCUT2D eigenvalue weighted by atomic mass is 10.0. The van der Waals surface area contributed by atoms with E-state index in [-0.39, 0.29) is 87.9 Å². The highest BCUT2D eigenvalue weighted by Gasteiger charge is 2.37. The van der Waals surface area contributed by atoms with Gasteiger partial charge in [0, 0.05) is 92.6 Å². The molecule has 1 fully saturated rings. The Bertz CT molecular complexity index is 3490. The SMILES string of the molecule is CC(=O)N[C@@H](Cc1ccc(O)cc1)C(=O)N[C@@H](CCCN=C(N)N)C(=O)N[C@H]1CSSC[C@@H](C(N)=O)NC(=O)[C@H](Cc2c[nH]c3ccccc23)NC(=O)[C@H](CCCN=C(N)N)NC(=O)[C@H](Cc2ccccc2)NC(=O)[C@H](Cc2cnc[nH]2)NC(=O)[C@H](CCC(=O)O)NC1=O. The van der Waals surface area contributed by atoms with Crippen molar-refractivity contribution in [2.75, 3.05) is 24.6 Å². The summed E-state index contributed by atoms with van der Waals surface area (Å²) in [6.07, 6.45) is 2.09. The fraction of sp³-hybridized carbons (Fsp3) is 0.400. The molecule has 2 aromatic heterocycles. The number of nitrogens with two attached hydrogens (primary N) is 5. The Morgan fingerprint density at radius 1 is 0.617 bits per heavy atom. The lowest BCUT2D eigenvalue weighted by Crippen LogP contribution is -2.61. The van der Waals surface area contributed by atoms with Crippen LogP contribution in [-0.4, -0.2) is 181 Å². The molecule has 0 unspecified atom stereocenters. The van der Waals surface area contributed by atoms with Gasteiger partial charge in [-0.15, -0.1) is 0 Å². The molecule has 0 aliphatic carbocycles. The van der Waals surface area contributed by atoms with Gasteiger partial charge in [-0.05, 0) is 67.0 Å². The topological polar surface area (TPSA) is 536 Å². The normalized spacial score (nSPS) is 20.2. The Labute approximate surface area is 547 Å². The molecule has 34 heteroatoms. The molecule has 94 heavy (non-hydrogen) atoms. The molecule has 3 heterocycles. The maximum absolute atomic E-state index is 14.9. The van der Waals surface area contributed by atoms with Crippen LogP contribution in [-0.2, 0) is 78.4 Å². The molecule has 23 N–H and O–H groups in total. The number of aromatic nitrogens is 3. The minimum Gasteiger partial charge on any atom is -0.508 e. The van der Waals surface area contributed by atoms with Gasteiger partial charge in [-0.1, -0.05) is 82.3 Å². The number of H-pyrrole nitrogens is 2. The average molecular weight is 1340 g/mol. The van der Waals surface area contributed by atoms with Crippen molar-refractivity contribution >= 4 is 109 Å². The Hall–Kier alpha value is -10.4. The predicted molar refractivity (Wildman–Crippen MR) is 350 cm³/mol. The highest BCUT2D eigenvalue weighted by molar-refractivity contribution is 8.76. The van der Waals surface area contributed by atoms with Crippen LogP contribution >= 0.6 is 21.6 Å². The van der Waals surface area contributed by atoms with Gasteiger partial charge in [0.05, 0.1) is 6.33 Å². The number of nitrogens with one attached hydrogen (secondary N) is 11. The van der Waals surface area contributed by atoms with Gasteiger partial charge in [-0.3, -0.25) is 62.7 Å². The highest BCUT2D eigenvalue weighted by Crippen LogP contribution is 2.25. The van der Waals surface area contributed by atoms with Crippen molar-refractivity contribution in [3.63, 3.8) is 0 Å². The number of rotatable bonds is 25. The third-order valence-electron chi connectivity index (χ3n) is 14.6. The van der Waals surface area contributed by atoms with Crippen LogP contribution in [0.5, 0.6) is 5.75 Å². The van der Waals surface area contributed by atoms with Gasteiger partial charge in [0.1, 0.15) is 60.1 Å². The van der Waals surface area contributed by atoms with E-state index < -0.39 is 138 Å². The number of aliphatic imine (C=N–C) groups is 2. The van der Waals surface area contributed by atoms with Gasteiger partial charge in [-0.2, -0.15) is 0 Å². The zero-order chi connectivity index (χ0) is 68.3. The summed E-state index contributed by atoms with van der Waals surface area (Å²) < 4.78 is 0. The molecule has 32 nitrogen and oxygen atoms in total. The maximum Gasteiger partial charge on any atom is 0.303 e. The monoisotopic (exact) mass is 1340 g/mol. The van der Waals surface area contributed by atoms with Crippen molar-refractivity contribution in [2.45, 2.75) is 126 Å². The number of para-hydroxylation sites is 1. The molecule has 0 radical (unpaired) electrons. The number of primary amides is 1. The van der Waals surface area contributed by atoms with E-state index in [1.165, 1.54) is 43.7 Å². The second kappa shape index (κ2) is 36.6. The number of hydrogen-bond donors (Lipinski definition) is 18. The van der Waals surface area contributed by atoms with E-state index >= 15 is 0 Å². The molecule has 1 saturated heterocycles. The summed E-state index contributed by atoms with van der Waals surface area (Å²) in [7, 11) is 1.78. The summed E-state index contributed by atoms with van der Waals surface area (Å²) >= 11 is 0. The van der Waals surface area contributed by atoms with Crippen LogP contribution < -0.4 is 76.5 Å². The Balaban J connectivity index is 1.42. The van der Waals surface area contributed by atoms with Crippen molar-refractivity contribution in [2.24, 2.45) is 38.7 Å². The number of amides is 10. The number of carboxylic acids is 1. The van der Waals surface area contributed by atoms with Gasteiger partial charge in [-0.25, -0.2) is 4.98 Å². The molecule has 6 rings (SSSR count). The number of carbonyl (C=O) groups is 11. The fourth-order valence-electron chi connectivity index (χ4n) is 9.81. The lowest BCUT2D eigenvalue weighted by molar-refractivity contribution is -0.138. The number of fused-ring (bicyclic) bond motifs is 1. The number of carbonyl (C=O) groups excluding carboxylic acids is 10. The van der Waals surface area contributed by atoms with E-state index in [0.717, 1.165) is 21.6 Å². The summed E-state index contributed by atoms with van der Waals surface area (Å²) in [5, 5.41) is 44.3. The van der Waals surface area contributed by atoms with Crippen LogP contribution in [0.3, 0.4) is 0 Å². The molecule has 5 aromatic rings. The van der Waals surface area contributed by atoms with Gasteiger partial charge >= 0.3 is 5.97 Å². The number of imidazole rings is 1. The quantitative estimate of drug-likeness (QED) is 0.0121. The third kappa shape index (κ3) is 24.0. The number of phenols is 1.